The maximum absolute atomic E-state index is 12.5. The van der Waals surface area contributed by atoms with Crippen LogP contribution in [0.2, 0.25) is 0 Å². The standard InChI is InChI=1S/C22H32N4O2/c1-17(15-26-19(3)13-18(2)24-26)14-23-22(27)25-11-9-21(10-12-25)28-16-20-7-5-4-6-8-20/h4-8,13,17,21H,9-12,14-16H2,1-3H3,(H,23,27). The third kappa shape index (κ3) is 5.83. The molecule has 1 fully saturated rings. The number of aryl methyl sites for hydroxylation is 2. The minimum absolute atomic E-state index is 0.0294. The minimum Gasteiger partial charge on any atom is -0.373 e. The van der Waals surface area contributed by atoms with Crippen molar-refractivity contribution in [2.24, 2.45) is 5.92 Å². The Labute approximate surface area is 167 Å². The van der Waals surface area contributed by atoms with Crippen molar-refractivity contribution in [3.8, 4) is 0 Å². The zero-order chi connectivity index (χ0) is 19.9. The van der Waals surface area contributed by atoms with Gasteiger partial charge in [-0.1, -0.05) is 37.3 Å². The molecule has 0 radical (unpaired) electrons. The van der Waals surface area contributed by atoms with Crippen LogP contribution in [0.1, 0.15) is 36.7 Å². The molecule has 2 heterocycles. The average Bonchev–Trinajstić information content (AvgIpc) is 3.02. The van der Waals surface area contributed by atoms with E-state index in [0.717, 1.165) is 43.9 Å². The number of hydrogen-bond acceptors (Lipinski definition) is 3. The Balaban J connectivity index is 1.35. The number of benzene rings is 1. The van der Waals surface area contributed by atoms with Crippen molar-refractivity contribution < 1.29 is 9.53 Å². The number of piperidine rings is 1. The van der Waals surface area contributed by atoms with E-state index in [2.05, 4.69) is 42.5 Å². The molecule has 0 aliphatic carbocycles. The van der Waals surface area contributed by atoms with Crippen molar-refractivity contribution >= 4 is 6.03 Å². The summed E-state index contributed by atoms with van der Waals surface area (Å²) < 4.78 is 8.02. The normalized spacial score (nSPS) is 16.2. The van der Waals surface area contributed by atoms with Gasteiger partial charge in [0.2, 0.25) is 0 Å². The second-order valence-electron chi connectivity index (χ2n) is 7.88. The molecular formula is C22H32N4O2. The fourth-order valence-corrected chi connectivity index (χ4v) is 3.61. The lowest BCUT2D eigenvalue weighted by Crippen LogP contribution is -2.47. The molecule has 3 rings (SSSR count). The molecule has 6 heteroatoms. The second-order valence-corrected chi connectivity index (χ2v) is 7.88. The molecule has 152 valence electrons. The molecule has 1 saturated heterocycles. The lowest BCUT2D eigenvalue weighted by molar-refractivity contribution is 0.00441. The third-order valence-electron chi connectivity index (χ3n) is 5.25. The van der Waals surface area contributed by atoms with Crippen LogP contribution in [-0.2, 0) is 17.9 Å². The molecule has 0 saturated carbocycles. The first-order valence-electron chi connectivity index (χ1n) is 10.2. The number of nitrogens with zero attached hydrogens (tertiary/aromatic N) is 3. The Hall–Kier alpha value is -2.34. The zero-order valence-electron chi connectivity index (χ0n) is 17.2. The van der Waals surface area contributed by atoms with Crippen LogP contribution >= 0.6 is 0 Å². The Morgan fingerprint density at radius 3 is 2.61 bits per heavy atom. The molecular weight excluding hydrogens is 352 g/mol. The summed E-state index contributed by atoms with van der Waals surface area (Å²) in [6, 6.07) is 12.3. The molecule has 1 N–H and O–H groups in total. The summed E-state index contributed by atoms with van der Waals surface area (Å²) >= 11 is 0. The highest BCUT2D eigenvalue weighted by Gasteiger charge is 2.23. The van der Waals surface area contributed by atoms with E-state index in [9.17, 15) is 4.79 Å². The Kier molecular flexibility index (Phi) is 7.09. The molecule has 1 aromatic heterocycles. The quantitative estimate of drug-likeness (QED) is 0.794. The van der Waals surface area contributed by atoms with Crippen LogP contribution in [0.25, 0.3) is 0 Å². The van der Waals surface area contributed by atoms with Crippen molar-refractivity contribution in [2.45, 2.75) is 52.9 Å². The van der Waals surface area contributed by atoms with E-state index in [1.807, 2.05) is 34.7 Å². The van der Waals surface area contributed by atoms with Crippen LogP contribution in [0.3, 0.4) is 0 Å². The van der Waals surface area contributed by atoms with E-state index >= 15 is 0 Å². The molecule has 0 spiro atoms. The largest absolute Gasteiger partial charge is 0.373 e. The van der Waals surface area contributed by atoms with Gasteiger partial charge in [-0.05, 0) is 44.2 Å². The average molecular weight is 385 g/mol. The highest BCUT2D eigenvalue weighted by Crippen LogP contribution is 2.16. The summed E-state index contributed by atoms with van der Waals surface area (Å²) in [5, 5.41) is 7.57. The number of aromatic nitrogens is 2. The number of hydrogen-bond donors (Lipinski definition) is 1. The molecule has 1 unspecified atom stereocenters. The van der Waals surface area contributed by atoms with Crippen molar-refractivity contribution in [1.82, 2.24) is 20.0 Å². The molecule has 2 amide bonds. The van der Waals surface area contributed by atoms with Gasteiger partial charge in [0.05, 0.1) is 18.4 Å². The summed E-state index contributed by atoms with van der Waals surface area (Å²) in [6.07, 6.45) is 2.01. The van der Waals surface area contributed by atoms with Crippen molar-refractivity contribution in [3.05, 3.63) is 53.3 Å². The van der Waals surface area contributed by atoms with Gasteiger partial charge in [0.15, 0.2) is 0 Å². The van der Waals surface area contributed by atoms with Gasteiger partial charge < -0.3 is 15.0 Å². The number of nitrogens with one attached hydrogen (secondary N) is 1. The van der Waals surface area contributed by atoms with Gasteiger partial charge in [-0.3, -0.25) is 4.68 Å². The summed E-state index contributed by atoms with van der Waals surface area (Å²) in [5.41, 5.74) is 3.39. The number of rotatable bonds is 7. The van der Waals surface area contributed by atoms with Crippen molar-refractivity contribution in [2.75, 3.05) is 19.6 Å². The monoisotopic (exact) mass is 384 g/mol. The van der Waals surface area contributed by atoms with E-state index in [4.69, 9.17) is 4.74 Å². The predicted molar refractivity (Wildman–Crippen MR) is 110 cm³/mol. The van der Waals surface area contributed by atoms with Gasteiger partial charge in [-0.2, -0.15) is 5.10 Å². The first-order valence-corrected chi connectivity index (χ1v) is 10.2. The number of carbonyl (C=O) groups is 1. The number of urea groups is 1. The molecule has 28 heavy (non-hydrogen) atoms. The Morgan fingerprint density at radius 1 is 1.25 bits per heavy atom. The van der Waals surface area contributed by atoms with E-state index in [-0.39, 0.29) is 12.1 Å². The maximum atomic E-state index is 12.5. The smallest absolute Gasteiger partial charge is 0.317 e. The zero-order valence-corrected chi connectivity index (χ0v) is 17.2. The fraction of sp³-hybridized carbons (Fsp3) is 0.545. The van der Waals surface area contributed by atoms with Crippen LogP contribution in [0.4, 0.5) is 4.79 Å². The second kappa shape index (κ2) is 9.73. The summed E-state index contributed by atoms with van der Waals surface area (Å²) in [6.45, 7) is 9.81. The minimum atomic E-state index is 0.0294. The number of likely N-dealkylation sites (tertiary alicyclic amines) is 1. The fourth-order valence-electron chi connectivity index (χ4n) is 3.61. The highest BCUT2D eigenvalue weighted by molar-refractivity contribution is 5.74. The van der Waals surface area contributed by atoms with Gasteiger partial charge in [-0.15, -0.1) is 0 Å². The van der Waals surface area contributed by atoms with Crippen molar-refractivity contribution in [1.29, 1.82) is 0 Å². The van der Waals surface area contributed by atoms with Gasteiger partial charge in [0.25, 0.3) is 0 Å². The summed E-state index contributed by atoms with van der Waals surface area (Å²) in [7, 11) is 0. The number of amides is 2. The first-order chi connectivity index (χ1) is 13.5. The first kappa shape index (κ1) is 20.4. The van der Waals surface area contributed by atoms with E-state index in [1.54, 1.807) is 0 Å². The molecule has 1 aliphatic heterocycles. The van der Waals surface area contributed by atoms with Crippen LogP contribution in [0, 0.1) is 19.8 Å². The van der Waals surface area contributed by atoms with Gasteiger partial charge in [-0.25, -0.2) is 4.79 Å². The lowest BCUT2D eigenvalue weighted by atomic mass is 10.1. The molecule has 0 bridgehead atoms. The summed E-state index contributed by atoms with van der Waals surface area (Å²) in [4.78, 5) is 14.4. The van der Waals surface area contributed by atoms with Crippen LogP contribution in [0.15, 0.2) is 36.4 Å². The summed E-state index contributed by atoms with van der Waals surface area (Å²) in [5.74, 6) is 0.327. The van der Waals surface area contributed by atoms with Gasteiger partial charge in [0.1, 0.15) is 0 Å². The van der Waals surface area contributed by atoms with Crippen LogP contribution in [0.5, 0.6) is 0 Å². The lowest BCUT2D eigenvalue weighted by Gasteiger charge is -2.32. The van der Waals surface area contributed by atoms with Crippen LogP contribution < -0.4 is 5.32 Å². The van der Waals surface area contributed by atoms with Gasteiger partial charge in [0, 0.05) is 31.9 Å². The molecule has 1 aliphatic rings. The Bertz CT molecular complexity index is 751. The van der Waals surface area contributed by atoms with Gasteiger partial charge >= 0.3 is 6.03 Å². The van der Waals surface area contributed by atoms with E-state index < -0.39 is 0 Å². The third-order valence-corrected chi connectivity index (χ3v) is 5.25. The number of ether oxygens (including phenoxy) is 1. The van der Waals surface area contributed by atoms with E-state index in [1.165, 1.54) is 5.56 Å². The predicted octanol–water partition coefficient (Wildman–Crippen LogP) is 3.53. The number of carbonyl (C=O) groups excluding carboxylic acids is 1. The highest BCUT2D eigenvalue weighted by atomic mass is 16.5. The molecule has 1 aromatic carbocycles. The SMILES string of the molecule is Cc1cc(C)n(CC(C)CNC(=O)N2CCC(OCc3ccccc3)CC2)n1. The molecule has 1 atom stereocenters. The Morgan fingerprint density at radius 2 is 1.96 bits per heavy atom. The van der Waals surface area contributed by atoms with E-state index in [0.29, 0.717) is 19.1 Å². The van der Waals surface area contributed by atoms with Crippen LogP contribution in [-0.4, -0.2) is 46.4 Å². The maximum Gasteiger partial charge on any atom is 0.317 e. The topological polar surface area (TPSA) is 59.4 Å². The molecule has 2 aromatic rings. The van der Waals surface area contributed by atoms with Crippen molar-refractivity contribution in [3.63, 3.8) is 0 Å². The molecule has 6 nitrogen and oxygen atoms in total.